The van der Waals surface area contributed by atoms with E-state index in [4.69, 9.17) is 0 Å². The molecule has 4 heteroatoms. The van der Waals surface area contributed by atoms with Crippen molar-refractivity contribution in [2.75, 3.05) is 7.05 Å². The van der Waals surface area contributed by atoms with Crippen LogP contribution in [-0.2, 0) is 0 Å². The lowest BCUT2D eigenvalue weighted by molar-refractivity contribution is 0.577. The molecular weight excluding hydrogens is 264 g/mol. The number of benzene rings is 2. The number of hydrogen-bond donors (Lipinski definition) is 1. The molecule has 1 N–H and O–H groups in total. The molecule has 0 aromatic heterocycles. The smallest absolute Gasteiger partial charge is 0.137 e. The third-order valence-electron chi connectivity index (χ3n) is 2.93. The molecular formula is C15H15F2NS. The summed E-state index contributed by atoms with van der Waals surface area (Å²) in [6.45, 7) is 2.03. The van der Waals surface area contributed by atoms with Crippen molar-refractivity contribution < 1.29 is 8.78 Å². The summed E-state index contributed by atoms with van der Waals surface area (Å²) in [5.74, 6) is -0.832. The van der Waals surface area contributed by atoms with Gasteiger partial charge in [-0.05, 0) is 43.8 Å². The molecule has 0 saturated heterocycles. The normalized spacial score (nSPS) is 12.4. The van der Waals surface area contributed by atoms with Crippen LogP contribution in [0.25, 0.3) is 0 Å². The fourth-order valence-corrected chi connectivity index (χ4v) is 2.84. The molecule has 0 aliphatic rings. The zero-order valence-electron chi connectivity index (χ0n) is 10.8. The van der Waals surface area contributed by atoms with Crippen molar-refractivity contribution in [1.29, 1.82) is 0 Å². The molecule has 1 unspecified atom stereocenters. The lowest BCUT2D eigenvalue weighted by Gasteiger charge is -2.15. The first-order valence-electron chi connectivity index (χ1n) is 6.01. The predicted molar refractivity (Wildman–Crippen MR) is 74.4 cm³/mol. The molecule has 2 aromatic rings. The molecule has 0 aliphatic heterocycles. The molecule has 1 nitrogen and oxygen atoms in total. The maximum atomic E-state index is 13.7. The van der Waals surface area contributed by atoms with Crippen molar-refractivity contribution in [1.82, 2.24) is 5.32 Å². The lowest BCUT2D eigenvalue weighted by Crippen LogP contribution is -2.13. The summed E-state index contributed by atoms with van der Waals surface area (Å²) in [7, 11) is 1.87. The number of hydrogen-bond acceptors (Lipinski definition) is 2. The van der Waals surface area contributed by atoms with Gasteiger partial charge in [-0.2, -0.15) is 0 Å². The van der Waals surface area contributed by atoms with Crippen molar-refractivity contribution in [2.45, 2.75) is 22.8 Å². The van der Waals surface area contributed by atoms with Crippen molar-refractivity contribution in [2.24, 2.45) is 0 Å². The van der Waals surface area contributed by atoms with Gasteiger partial charge in [0.05, 0.1) is 4.90 Å². The van der Waals surface area contributed by atoms with Gasteiger partial charge in [-0.15, -0.1) is 0 Å². The Labute approximate surface area is 116 Å². The average molecular weight is 279 g/mol. The Bertz CT molecular complexity index is 572. The molecule has 2 aromatic carbocycles. The highest BCUT2D eigenvalue weighted by Crippen LogP contribution is 2.34. The van der Waals surface area contributed by atoms with E-state index in [2.05, 4.69) is 5.32 Å². The van der Waals surface area contributed by atoms with E-state index in [-0.39, 0.29) is 6.04 Å². The van der Waals surface area contributed by atoms with Crippen molar-refractivity contribution in [3.05, 3.63) is 59.7 Å². The molecule has 0 radical (unpaired) electrons. The van der Waals surface area contributed by atoms with Gasteiger partial charge in [-0.25, -0.2) is 8.78 Å². The molecule has 0 heterocycles. The Kier molecular flexibility index (Phi) is 4.56. The van der Waals surface area contributed by atoms with Crippen LogP contribution in [0.2, 0.25) is 0 Å². The van der Waals surface area contributed by atoms with Gasteiger partial charge in [0, 0.05) is 10.9 Å². The Morgan fingerprint density at radius 2 is 1.79 bits per heavy atom. The van der Waals surface area contributed by atoms with Crippen LogP contribution in [0.3, 0.4) is 0 Å². The second kappa shape index (κ2) is 6.17. The van der Waals surface area contributed by atoms with Gasteiger partial charge in [-0.1, -0.05) is 30.0 Å². The quantitative estimate of drug-likeness (QED) is 0.890. The first-order valence-corrected chi connectivity index (χ1v) is 6.82. The van der Waals surface area contributed by atoms with Crippen LogP contribution < -0.4 is 5.32 Å². The fourth-order valence-electron chi connectivity index (χ4n) is 1.76. The number of halogens is 2. The summed E-state index contributed by atoms with van der Waals surface area (Å²) in [5.41, 5.74) is 1.07. The van der Waals surface area contributed by atoms with Crippen molar-refractivity contribution >= 4 is 11.8 Å². The molecule has 19 heavy (non-hydrogen) atoms. The predicted octanol–water partition coefficient (Wildman–Crippen LogP) is 4.40. The zero-order valence-corrected chi connectivity index (χ0v) is 11.6. The van der Waals surface area contributed by atoms with E-state index in [1.807, 2.05) is 38.2 Å². The van der Waals surface area contributed by atoms with Crippen LogP contribution in [0, 0.1) is 11.6 Å². The Hall–Kier alpha value is -1.39. The highest BCUT2D eigenvalue weighted by molar-refractivity contribution is 7.99. The summed E-state index contributed by atoms with van der Waals surface area (Å²) in [6.07, 6.45) is 0. The summed E-state index contributed by atoms with van der Waals surface area (Å²) in [6, 6.07) is 11.4. The third-order valence-corrected chi connectivity index (χ3v) is 4.06. The third kappa shape index (κ3) is 3.33. The van der Waals surface area contributed by atoms with E-state index in [9.17, 15) is 8.78 Å². The van der Waals surface area contributed by atoms with Gasteiger partial charge in [0.2, 0.25) is 0 Å². The van der Waals surface area contributed by atoms with Gasteiger partial charge in [-0.3, -0.25) is 0 Å². The van der Waals surface area contributed by atoms with Gasteiger partial charge in [0.15, 0.2) is 0 Å². The first kappa shape index (κ1) is 14.0. The molecule has 1 atom stereocenters. The van der Waals surface area contributed by atoms with E-state index < -0.39 is 11.6 Å². The number of rotatable bonds is 4. The molecule has 0 spiro atoms. The van der Waals surface area contributed by atoms with E-state index >= 15 is 0 Å². The monoisotopic (exact) mass is 279 g/mol. The SMILES string of the molecule is CNC(C)c1ccccc1Sc1cc(F)ccc1F. The summed E-state index contributed by atoms with van der Waals surface area (Å²) < 4.78 is 26.8. The minimum atomic E-state index is -0.428. The zero-order chi connectivity index (χ0) is 13.8. The maximum Gasteiger partial charge on any atom is 0.137 e. The van der Waals surface area contributed by atoms with Crippen LogP contribution in [0.1, 0.15) is 18.5 Å². The topological polar surface area (TPSA) is 12.0 Å². The maximum absolute atomic E-state index is 13.7. The molecule has 0 aliphatic carbocycles. The standard InChI is InChI=1S/C15H15F2NS/c1-10(18-2)12-5-3-4-6-14(12)19-15-9-11(16)7-8-13(15)17/h3-10,18H,1-2H3. The summed E-state index contributed by atoms with van der Waals surface area (Å²) in [4.78, 5) is 1.23. The highest BCUT2D eigenvalue weighted by Gasteiger charge is 2.12. The minimum absolute atomic E-state index is 0.153. The van der Waals surface area contributed by atoms with Crippen molar-refractivity contribution in [3.63, 3.8) is 0 Å². The second-order valence-corrected chi connectivity index (χ2v) is 5.31. The summed E-state index contributed by atoms with van der Waals surface area (Å²) in [5, 5.41) is 3.15. The van der Waals surface area contributed by atoms with Crippen LogP contribution in [0.15, 0.2) is 52.3 Å². The van der Waals surface area contributed by atoms with E-state index in [1.54, 1.807) is 0 Å². The first-order chi connectivity index (χ1) is 9.11. The largest absolute Gasteiger partial charge is 0.313 e. The van der Waals surface area contributed by atoms with Crippen LogP contribution in [0.5, 0.6) is 0 Å². The van der Waals surface area contributed by atoms with Gasteiger partial charge in [0.1, 0.15) is 11.6 Å². The van der Waals surface area contributed by atoms with Crippen LogP contribution in [0.4, 0.5) is 8.78 Å². The van der Waals surface area contributed by atoms with Gasteiger partial charge in [0.25, 0.3) is 0 Å². The van der Waals surface area contributed by atoms with Gasteiger partial charge < -0.3 is 5.32 Å². The van der Waals surface area contributed by atoms with Crippen LogP contribution in [-0.4, -0.2) is 7.05 Å². The molecule has 0 bridgehead atoms. The minimum Gasteiger partial charge on any atom is -0.313 e. The van der Waals surface area contributed by atoms with E-state index in [0.29, 0.717) is 4.90 Å². The number of nitrogens with one attached hydrogen (secondary N) is 1. The molecule has 2 rings (SSSR count). The molecule has 0 fully saturated rings. The molecule has 100 valence electrons. The Morgan fingerprint density at radius 3 is 2.53 bits per heavy atom. The Morgan fingerprint density at radius 1 is 1.05 bits per heavy atom. The highest BCUT2D eigenvalue weighted by atomic mass is 32.2. The van der Waals surface area contributed by atoms with E-state index in [1.165, 1.54) is 17.8 Å². The average Bonchev–Trinajstić information content (AvgIpc) is 2.42. The lowest BCUT2D eigenvalue weighted by atomic mass is 10.1. The van der Waals surface area contributed by atoms with Crippen LogP contribution >= 0.6 is 11.8 Å². The van der Waals surface area contributed by atoms with Gasteiger partial charge >= 0.3 is 0 Å². The van der Waals surface area contributed by atoms with Crippen molar-refractivity contribution in [3.8, 4) is 0 Å². The van der Waals surface area contributed by atoms with E-state index in [0.717, 1.165) is 22.6 Å². The Balaban J connectivity index is 2.35. The second-order valence-electron chi connectivity index (χ2n) is 4.22. The summed E-state index contributed by atoms with van der Waals surface area (Å²) >= 11 is 1.24. The molecule has 0 saturated carbocycles. The molecule has 0 amide bonds. The fraction of sp³-hybridized carbons (Fsp3) is 0.200.